The summed E-state index contributed by atoms with van der Waals surface area (Å²) in [6.45, 7) is 20.1. The van der Waals surface area contributed by atoms with E-state index >= 15 is 0 Å². The number of hydrogen-bond acceptors (Lipinski definition) is 1. The number of carbonyl (C=O) groups is 1. The van der Waals surface area contributed by atoms with Crippen LogP contribution < -0.4 is 0 Å². The number of ketones is 1. The third-order valence-corrected chi connectivity index (χ3v) is 12.7. The van der Waals surface area contributed by atoms with Crippen LogP contribution in [0, 0.1) is 44.3 Å². The maximum atomic E-state index is 12.9. The number of hydrogen-bond donors (Lipinski definition) is 0. The first-order valence-corrected chi connectivity index (χ1v) is 13.5. The van der Waals surface area contributed by atoms with Gasteiger partial charge in [0.15, 0.2) is 0 Å². The van der Waals surface area contributed by atoms with Crippen molar-refractivity contribution in [3.8, 4) is 0 Å². The van der Waals surface area contributed by atoms with E-state index in [2.05, 4.69) is 55.4 Å². The molecule has 0 aromatic heterocycles. The molecule has 0 aromatic rings. The van der Waals surface area contributed by atoms with E-state index in [4.69, 9.17) is 0 Å². The van der Waals surface area contributed by atoms with Crippen LogP contribution in [0.3, 0.4) is 0 Å². The SMILES string of the molecule is CC1(C)CCC2(C)CCC3(C)C(=C2C1)CCC1C2(C)CCC(=O)C(C)(C)C2CCC13C. The summed E-state index contributed by atoms with van der Waals surface area (Å²) in [5, 5.41) is 0. The summed E-state index contributed by atoms with van der Waals surface area (Å²) in [4.78, 5) is 12.9. The van der Waals surface area contributed by atoms with Crippen LogP contribution >= 0.6 is 0 Å². The lowest BCUT2D eigenvalue weighted by molar-refractivity contribution is -0.184. The molecule has 5 aliphatic rings. The van der Waals surface area contributed by atoms with Crippen molar-refractivity contribution in [1.29, 1.82) is 0 Å². The van der Waals surface area contributed by atoms with E-state index in [-0.39, 0.29) is 5.41 Å². The van der Waals surface area contributed by atoms with Crippen molar-refractivity contribution in [3.05, 3.63) is 11.1 Å². The van der Waals surface area contributed by atoms with Crippen molar-refractivity contribution in [2.24, 2.45) is 44.3 Å². The average molecular weight is 425 g/mol. The van der Waals surface area contributed by atoms with Gasteiger partial charge in [-0.25, -0.2) is 0 Å². The molecule has 0 bridgehead atoms. The molecule has 0 saturated heterocycles. The van der Waals surface area contributed by atoms with Crippen LogP contribution in [0.4, 0.5) is 0 Å². The molecule has 4 fully saturated rings. The molecule has 5 rings (SSSR count). The molecule has 6 unspecified atom stereocenters. The van der Waals surface area contributed by atoms with Gasteiger partial charge in [0, 0.05) is 11.8 Å². The number of allylic oxidation sites excluding steroid dienone is 2. The van der Waals surface area contributed by atoms with Crippen molar-refractivity contribution >= 4 is 5.78 Å². The van der Waals surface area contributed by atoms with Gasteiger partial charge < -0.3 is 0 Å². The fourth-order valence-electron chi connectivity index (χ4n) is 10.3. The fourth-order valence-corrected chi connectivity index (χ4v) is 10.3. The Hall–Kier alpha value is -0.590. The smallest absolute Gasteiger partial charge is 0.138 e. The minimum atomic E-state index is -0.132. The molecular weight excluding hydrogens is 376 g/mol. The van der Waals surface area contributed by atoms with Crippen molar-refractivity contribution < 1.29 is 4.79 Å². The van der Waals surface area contributed by atoms with Gasteiger partial charge in [-0.3, -0.25) is 4.79 Å². The Labute approximate surface area is 192 Å². The van der Waals surface area contributed by atoms with Gasteiger partial charge in [0.25, 0.3) is 0 Å². The predicted octanol–water partition coefficient (Wildman–Crippen LogP) is 8.52. The molecule has 6 atom stereocenters. The first-order valence-electron chi connectivity index (χ1n) is 13.5. The van der Waals surface area contributed by atoms with E-state index < -0.39 is 0 Å². The monoisotopic (exact) mass is 424 g/mol. The number of rotatable bonds is 0. The molecule has 0 spiro atoms. The maximum Gasteiger partial charge on any atom is 0.138 e. The summed E-state index contributed by atoms with van der Waals surface area (Å²) < 4.78 is 0. The van der Waals surface area contributed by atoms with Gasteiger partial charge in [-0.15, -0.1) is 0 Å². The molecule has 31 heavy (non-hydrogen) atoms. The van der Waals surface area contributed by atoms with Crippen LogP contribution in [-0.4, -0.2) is 5.78 Å². The van der Waals surface area contributed by atoms with Gasteiger partial charge in [0.2, 0.25) is 0 Å². The van der Waals surface area contributed by atoms with Crippen molar-refractivity contribution in [1.82, 2.24) is 0 Å². The Morgan fingerprint density at radius 3 is 2.06 bits per heavy atom. The quantitative estimate of drug-likeness (QED) is 0.356. The van der Waals surface area contributed by atoms with Crippen LogP contribution in [0.25, 0.3) is 0 Å². The van der Waals surface area contributed by atoms with E-state index in [1.54, 1.807) is 0 Å². The lowest BCUT2D eigenvalue weighted by atomic mass is 9.34. The Morgan fingerprint density at radius 1 is 0.677 bits per heavy atom. The van der Waals surface area contributed by atoms with Gasteiger partial charge in [-0.1, -0.05) is 66.5 Å². The Balaban J connectivity index is 1.60. The summed E-state index contributed by atoms with van der Waals surface area (Å²) in [7, 11) is 0. The largest absolute Gasteiger partial charge is 0.299 e. The molecule has 5 aliphatic carbocycles. The van der Waals surface area contributed by atoms with Crippen LogP contribution in [-0.2, 0) is 4.79 Å². The Kier molecular flexibility index (Phi) is 4.51. The molecule has 174 valence electrons. The molecule has 0 amide bonds. The van der Waals surface area contributed by atoms with Gasteiger partial charge in [-0.2, -0.15) is 0 Å². The molecule has 4 saturated carbocycles. The molecule has 0 aromatic carbocycles. The van der Waals surface area contributed by atoms with E-state index in [0.29, 0.717) is 38.8 Å². The summed E-state index contributed by atoms with van der Waals surface area (Å²) in [5.41, 5.74) is 5.67. The molecule has 0 N–H and O–H groups in total. The number of Topliss-reactive ketones (excluding diaryl/α,β-unsaturated/α-hetero) is 1. The molecule has 0 radical (unpaired) electrons. The third-order valence-electron chi connectivity index (χ3n) is 12.7. The zero-order chi connectivity index (χ0) is 22.7. The highest BCUT2D eigenvalue weighted by atomic mass is 16.1. The number of carbonyl (C=O) groups excluding carboxylic acids is 1. The maximum absolute atomic E-state index is 12.9. The van der Waals surface area contributed by atoms with Crippen molar-refractivity contribution in [2.45, 2.75) is 126 Å². The van der Waals surface area contributed by atoms with Gasteiger partial charge in [-0.05, 0) is 103 Å². The first kappa shape index (κ1) is 22.2. The van der Waals surface area contributed by atoms with Gasteiger partial charge in [0.1, 0.15) is 5.78 Å². The van der Waals surface area contributed by atoms with E-state index in [0.717, 1.165) is 18.8 Å². The zero-order valence-corrected chi connectivity index (χ0v) is 21.8. The molecule has 0 heterocycles. The minimum Gasteiger partial charge on any atom is -0.299 e. The topological polar surface area (TPSA) is 17.1 Å². The van der Waals surface area contributed by atoms with E-state index in [1.165, 1.54) is 57.8 Å². The standard InChI is InChI=1S/C30H48O/c1-25(2)15-16-27(5)17-18-29(7)20(21(27)19-25)9-10-23-28(6)13-12-24(31)26(3,4)22(28)11-14-30(23,29)8/h22-23H,9-19H2,1-8H3. The van der Waals surface area contributed by atoms with E-state index in [1.807, 2.05) is 11.1 Å². The molecular formula is C30H48O. The number of fused-ring (bicyclic) bond motifs is 6. The average Bonchev–Trinajstić information content (AvgIpc) is 2.67. The Morgan fingerprint density at radius 2 is 1.35 bits per heavy atom. The first-order chi connectivity index (χ1) is 14.2. The summed E-state index contributed by atoms with van der Waals surface area (Å²) >= 11 is 0. The summed E-state index contributed by atoms with van der Waals surface area (Å²) in [6.07, 6.45) is 14.1. The second kappa shape index (κ2) is 6.29. The second-order valence-corrected chi connectivity index (χ2v) is 14.9. The molecule has 0 aliphatic heterocycles. The highest BCUT2D eigenvalue weighted by Gasteiger charge is 2.67. The molecule has 1 heteroatoms. The lowest BCUT2D eigenvalue weighted by Gasteiger charge is -2.70. The minimum absolute atomic E-state index is 0.132. The van der Waals surface area contributed by atoms with Crippen molar-refractivity contribution in [3.63, 3.8) is 0 Å². The predicted molar refractivity (Wildman–Crippen MR) is 130 cm³/mol. The third kappa shape index (κ3) is 2.70. The van der Waals surface area contributed by atoms with Crippen LogP contribution in [0.2, 0.25) is 0 Å². The second-order valence-electron chi connectivity index (χ2n) is 14.9. The normalized spacial score (nSPS) is 50.8. The highest BCUT2D eigenvalue weighted by molar-refractivity contribution is 5.85. The van der Waals surface area contributed by atoms with Gasteiger partial charge >= 0.3 is 0 Å². The Bertz CT molecular complexity index is 844. The summed E-state index contributed by atoms with van der Waals surface area (Å²) in [6, 6.07) is 0. The van der Waals surface area contributed by atoms with Crippen LogP contribution in [0.15, 0.2) is 11.1 Å². The van der Waals surface area contributed by atoms with E-state index in [9.17, 15) is 4.79 Å². The molecule has 1 nitrogen and oxygen atoms in total. The lowest BCUT2D eigenvalue weighted by Crippen LogP contribution is -2.63. The van der Waals surface area contributed by atoms with Gasteiger partial charge in [0.05, 0.1) is 0 Å². The summed E-state index contributed by atoms with van der Waals surface area (Å²) in [5.74, 6) is 1.86. The zero-order valence-electron chi connectivity index (χ0n) is 21.8. The van der Waals surface area contributed by atoms with Crippen LogP contribution in [0.5, 0.6) is 0 Å². The van der Waals surface area contributed by atoms with Crippen molar-refractivity contribution in [2.75, 3.05) is 0 Å². The highest BCUT2D eigenvalue weighted by Crippen LogP contribution is 2.75. The van der Waals surface area contributed by atoms with Crippen LogP contribution in [0.1, 0.15) is 126 Å². The fraction of sp³-hybridized carbons (Fsp3) is 0.900.